The topological polar surface area (TPSA) is 0 Å². The maximum absolute atomic E-state index is 13.2. The molecule has 0 aliphatic heterocycles. The molecule has 0 spiro atoms. The Morgan fingerprint density at radius 3 is 0.950 bits per heavy atom. The van der Waals surface area contributed by atoms with E-state index in [1.54, 1.807) is 0 Å². The van der Waals surface area contributed by atoms with Crippen molar-refractivity contribution in [3.05, 3.63) is 0 Å². The third-order valence-corrected chi connectivity index (χ3v) is 3.93. The van der Waals surface area contributed by atoms with Crippen LogP contribution < -0.4 is 0 Å². The summed E-state index contributed by atoms with van der Waals surface area (Å²) in [6.45, 7) is 0. The van der Waals surface area contributed by atoms with E-state index >= 15 is 0 Å². The second kappa shape index (κ2) is 5.07. The van der Waals surface area contributed by atoms with Crippen molar-refractivity contribution in [1.82, 2.24) is 0 Å². The molecule has 14 heteroatoms. The first-order chi connectivity index (χ1) is 8.25. The van der Waals surface area contributed by atoms with E-state index in [0.717, 1.165) is 0 Å². The largest absolute Gasteiger partial charge is 0.460 e. The van der Waals surface area contributed by atoms with Gasteiger partial charge >= 0.3 is 27.9 Å². The van der Waals surface area contributed by atoms with Gasteiger partial charge in [-0.3, -0.25) is 0 Å². The van der Waals surface area contributed by atoms with E-state index in [9.17, 15) is 52.7 Å². The van der Waals surface area contributed by atoms with Crippen LogP contribution in [0, 0.1) is 0 Å². The molecule has 0 bridgehead atoms. The Balaban J connectivity index is 6.08. The first-order valence-electron chi connectivity index (χ1n) is 3.90. The molecule has 0 fully saturated rings. The molecule has 0 aliphatic carbocycles. The lowest BCUT2D eigenvalue weighted by Crippen LogP contribution is -2.68. The van der Waals surface area contributed by atoms with Gasteiger partial charge in [-0.1, -0.05) is 0 Å². The van der Waals surface area contributed by atoms with Crippen molar-refractivity contribution in [1.29, 1.82) is 0 Å². The van der Waals surface area contributed by atoms with Crippen molar-refractivity contribution in [2.45, 2.75) is 31.5 Å². The molecular formula is C6F12I2. The van der Waals surface area contributed by atoms with Gasteiger partial charge in [0.1, 0.15) is 0 Å². The summed E-state index contributed by atoms with van der Waals surface area (Å²) in [6, 6.07) is 0. The van der Waals surface area contributed by atoms with Crippen LogP contribution in [-0.4, -0.2) is 31.5 Å². The standard InChI is InChI=1S/C6F12I2/c7-1(8,2(9,10)5(14,15)16)4(13,19)3(11,12)6(17,18)20. The van der Waals surface area contributed by atoms with Crippen LogP contribution in [-0.2, 0) is 0 Å². The molecule has 0 saturated carbocycles. The van der Waals surface area contributed by atoms with E-state index in [0.29, 0.717) is 0 Å². The highest BCUT2D eigenvalue weighted by atomic mass is 127. The van der Waals surface area contributed by atoms with Crippen LogP contribution in [0.1, 0.15) is 0 Å². The molecule has 1 unspecified atom stereocenters. The summed E-state index contributed by atoms with van der Waals surface area (Å²) in [5.74, 6) is -21.0. The van der Waals surface area contributed by atoms with Gasteiger partial charge in [0.25, 0.3) is 3.68 Å². The average molecular weight is 554 g/mol. The molecule has 0 rings (SSSR count). The zero-order chi connectivity index (χ0) is 17.0. The molecule has 0 saturated heterocycles. The van der Waals surface area contributed by atoms with Gasteiger partial charge in [0, 0.05) is 22.6 Å². The second-order valence-corrected chi connectivity index (χ2v) is 6.13. The van der Waals surface area contributed by atoms with Gasteiger partial charge in [0.15, 0.2) is 0 Å². The lowest BCUT2D eigenvalue weighted by Gasteiger charge is -2.40. The Morgan fingerprint density at radius 2 is 0.750 bits per heavy atom. The van der Waals surface area contributed by atoms with Crippen LogP contribution in [0.25, 0.3) is 0 Å². The van der Waals surface area contributed by atoms with Gasteiger partial charge in [-0.2, -0.15) is 48.3 Å². The van der Waals surface area contributed by atoms with Gasteiger partial charge in [0.05, 0.1) is 0 Å². The zero-order valence-corrected chi connectivity index (χ0v) is 12.6. The van der Waals surface area contributed by atoms with Crippen LogP contribution in [0.15, 0.2) is 0 Å². The molecule has 0 heterocycles. The van der Waals surface area contributed by atoms with Crippen LogP contribution in [0.2, 0.25) is 0 Å². The summed E-state index contributed by atoms with van der Waals surface area (Å²) < 4.78 is 137. The lowest BCUT2D eigenvalue weighted by atomic mass is 10.0. The fourth-order valence-corrected chi connectivity index (χ4v) is 2.32. The summed E-state index contributed by atoms with van der Waals surface area (Å²) in [5.41, 5.74) is 0. The third kappa shape index (κ3) is 2.78. The second-order valence-electron chi connectivity index (χ2n) is 3.29. The Morgan fingerprint density at radius 1 is 0.450 bits per heavy atom. The number of hydrogen-bond acceptors (Lipinski definition) is 0. The van der Waals surface area contributed by atoms with Gasteiger partial charge in [0.2, 0.25) is 0 Å². The van der Waals surface area contributed by atoms with Crippen molar-refractivity contribution in [3.63, 3.8) is 0 Å². The Kier molecular flexibility index (Phi) is 5.23. The predicted octanol–water partition coefficient (Wildman–Crippen LogP) is 5.58. The summed E-state index contributed by atoms with van der Waals surface area (Å²) in [5, 5.41) is 0. The van der Waals surface area contributed by atoms with Gasteiger partial charge in [-0.15, -0.1) is 0 Å². The smallest absolute Gasteiger partial charge is 0.218 e. The number of halogens is 14. The monoisotopic (exact) mass is 554 g/mol. The number of alkyl halides is 14. The highest BCUT2D eigenvalue weighted by molar-refractivity contribution is 14.1. The van der Waals surface area contributed by atoms with Gasteiger partial charge < -0.3 is 0 Å². The third-order valence-electron chi connectivity index (χ3n) is 1.90. The average Bonchev–Trinajstić information content (AvgIpc) is 2.12. The van der Waals surface area contributed by atoms with E-state index in [1.807, 2.05) is 0 Å². The minimum atomic E-state index is -7.29. The molecule has 0 aromatic carbocycles. The van der Waals surface area contributed by atoms with Crippen molar-refractivity contribution >= 4 is 45.2 Å². The van der Waals surface area contributed by atoms with E-state index < -0.39 is 76.7 Å². The Hall–Kier alpha value is 0.620. The molecule has 0 nitrogen and oxygen atoms in total. The molecule has 0 aliphatic rings. The van der Waals surface area contributed by atoms with Crippen LogP contribution in [0.4, 0.5) is 52.7 Å². The van der Waals surface area contributed by atoms with E-state index in [1.165, 1.54) is 0 Å². The van der Waals surface area contributed by atoms with Crippen LogP contribution in [0.5, 0.6) is 0 Å². The van der Waals surface area contributed by atoms with E-state index in [4.69, 9.17) is 0 Å². The van der Waals surface area contributed by atoms with Gasteiger partial charge in [-0.25, -0.2) is 4.39 Å². The summed E-state index contributed by atoms with van der Waals surface area (Å²) in [7, 11) is 0. The summed E-state index contributed by atoms with van der Waals surface area (Å²) in [6.07, 6.45) is -7.13. The Bertz CT molecular complexity index is 327. The number of rotatable bonds is 4. The lowest BCUT2D eigenvalue weighted by molar-refractivity contribution is -0.386. The van der Waals surface area contributed by atoms with Crippen molar-refractivity contribution in [2.24, 2.45) is 0 Å². The highest BCUT2D eigenvalue weighted by Crippen LogP contribution is 2.63. The maximum Gasteiger partial charge on any atom is 0.460 e. The molecule has 0 amide bonds. The molecule has 0 N–H and O–H groups in total. The SMILES string of the molecule is FC(F)(F)C(F)(F)C(F)(F)C(F)(I)C(F)(F)C(F)(F)I. The first-order valence-corrected chi connectivity index (χ1v) is 6.05. The van der Waals surface area contributed by atoms with Crippen LogP contribution >= 0.6 is 45.2 Å². The molecule has 0 aromatic heterocycles. The van der Waals surface area contributed by atoms with Crippen LogP contribution in [0.3, 0.4) is 0 Å². The quantitative estimate of drug-likeness (QED) is 0.242. The minimum Gasteiger partial charge on any atom is -0.218 e. The molecule has 122 valence electrons. The van der Waals surface area contributed by atoms with Crippen molar-refractivity contribution in [2.75, 3.05) is 0 Å². The van der Waals surface area contributed by atoms with E-state index in [2.05, 4.69) is 0 Å². The van der Waals surface area contributed by atoms with E-state index in [-0.39, 0.29) is 0 Å². The van der Waals surface area contributed by atoms with Crippen molar-refractivity contribution in [3.8, 4) is 0 Å². The number of hydrogen-bond donors (Lipinski definition) is 0. The summed E-state index contributed by atoms with van der Waals surface area (Å²) >= 11 is -1.43. The molecule has 0 radical (unpaired) electrons. The molecule has 1 atom stereocenters. The summed E-state index contributed by atoms with van der Waals surface area (Å²) in [4.78, 5) is 0. The highest BCUT2D eigenvalue weighted by Gasteiger charge is 2.88. The van der Waals surface area contributed by atoms with Gasteiger partial charge in [-0.05, 0) is 22.6 Å². The fraction of sp³-hybridized carbons (Fsp3) is 1.00. The fourth-order valence-electron chi connectivity index (χ4n) is 0.750. The first kappa shape index (κ1) is 20.6. The minimum absolute atomic E-state index is 0.554. The normalized spacial score (nSPS) is 18.9. The molecule has 20 heavy (non-hydrogen) atoms. The zero-order valence-electron chi connectivity index (χ0n) is 8.29. The Labute approximate surface area is 129 Å². The molecular weight excluding hydrogens is 554 g/mol. The predicted molar refractivity (Wildman–Crippen MR) is 57.7 cm³/mol. The van der Waals surface area contributed by atoms with Crippen molar-refractivity contribution < 1.29 is 52.7 Å². The maximum atomic E-state index is 13.2. The molecule has 0 aromatic rings.